The number of fused-ring (bicyclic) bond motifs is 2. The fourth-order valence-electron chi connectivity index (χ4n) is 8.54. The highest BCUT2D eigenvalue weighted by Gasteiger charge is 2.50. The number of carbonyl (C=O) groups excluding carboxylic acids is 4. The highest BCUT2D eigenvalue weighted by Crippen LogP contribution is 2.61. The van der Waals surface area contributed by atoms with E-state index in [1.54, 1.807) is 0 Å². The molecule has 8 rings (SSSR count). The lowest BCUT2D eigenvalue weighted by Gasteiger charge is -2.31. The number of benzene rings is 3. The molecule has 1 fully saturated rings. The summed E-state index contributed by atoms with van der Waals surface area (Å²) in [5, 5.41) is 27.9. The SMILES string of the molecule is CC(C)(COP(=O)(O)OP(=O)(O)OCC1OC(n2cnc3c(N)ncnc32)C(O)C1OP(=O)(O)O)C(O)C(=O)NCCC(=O)NCCSC(=O)C(Cc1ccccc1)N(Cc1ccc(-c2cc3ccccc3o2)s1)C(=O)c1ccc(Cl)cc1Cl. The number of thioether (sulfide) groups is 1. The lowest BCUT2D eigenvalue weighted by Crippen LogP contribution is -2.46. The van der Waals surface area contributed by atoms with Crippen LogP contribution in [0.3, 0.4) is 0 Å². The quantitative estimate of drug-likeness (QED) is 0.0199. The number of para-hydroxylation sites is 1. The highest BCUT2D eigenvalue weighted by molar-refractivity contribution is 8.13. The van der Waals surface area contributed by atoms with E-state index >= 15 is 0 Å². The number of hydrogen-bond donors (Lipinski definition) is 9. The molecule has 3 amide bonds. The minimum absolute atomic E-state index is 0.00801. The molecule has 0 saturated carbocycles. The van der Waals surface area contributed by atoms with Gasteiger partial charge in [-0.2, -0.15) is 4.31 Å². The Morgan fingerprint density at radius 1 is 0.917 bits per heavy atom. The number of thiophene rings is 1. The third-order valence-electron chi connectivity index (χ3n) is 12.7. The summed E-state index contributed by atoms with van der Waals surface area (Å²) < 4.78 is 69.1. The molecular formula is C50H55Cl2N8O19P3S2. The first-order valence-corrected chi connectivity index (χ1v) is 32.2. The zero-order chi connectivity index (χ0) is 60.7. The van der Waals surface area contributed by atoms with Gasteiger partial charge in [-0.1, -0.05) is 97.3 Å². The maximum absolute atomic E-state index is 14.6. The van der Waals surface area contributed by atoms with E-state index < -0.39 is 96.5 Å². The van der Waals surface area contributed by atoms with Crippen LogP contribution in [0.4, 0.5) is 5.82 Å². The Morgan fingerprint density at radius 3 is 2.37 bits per heavy atom. The molecule has 34 heteroatoms. The molecule has 0 bridgehead atoms. The van der Waals surface area contributed by atoms with E-state index in [1.165, 1.54) is 48.3 Å². The van der Waals surface area contributed by atoms with Crippen LogP contribution < -0.4 is 16.4 Å². The van der Waals surface area contributed by atoms with Crippen molar-refractivity contribution in [2.45, 2.75) is 69.9 Å². The molecule has 3 aromatic carbocycles. The van der Waals surface area contributed by atoms with E-state index in [1.807, 2.05) is 72.8 Å². The van der Waals surface area contributed by atoms with Crippen LogP contribution >= 0.6 is 69.8 Å². The number of imidazole rings is 1. The lowest BCUT2D eigenvalue weighted by atomic mass is 9.87. The number of phosphoric ester groups is 3. The molecule has 7 aromatic rings. The number of nitrogens with zero attached hydrogens (tertiary/aromatic N) is 5. The summed E-state index contributed by atoms with van der Waals surface area (Å²) in [6, 6.07) is 25.9. The normalized spacial score (nSPS) is 18.7. The van der Waals surface area contributed by atoms with Gasteiger partial charge in [0.2, 0.25) is 16.9 Å². The number of amides is 3. The van der Waals surface area contributed by atoms with E-state index in [2.05, 4.69) is 34.4 Å². The number of carbonyl (C=O) groups is 4. The Labute approximate surface area is 496 Å². The molecular weight excluding hydrogens is 1240 g/mol. The number of rotatable bonds is 27. The van der Waals surface area contributed by atoms with Gasteiger partial charge >= 0.3 is 23.5 Å². The maximum atomic E-state index is 14.6. The number of hydrogen-bond acceptors (Lipinski definition) is 21. The Balaban J connectivity index is 0.812. The number of furan rings is 1. The number of anilines is 1. The van der Waals surface area contributed by atoms with Crippen molar-refractivity contribution < 1.29 is 89.7 Å². The van der Waals surface area contributed by atoms with E-state index in [4.69, 9.17) is 47.1 Å². The largest absolute Gasteiger partial charge is 0.481 e. The van der Waals surface area contributed by atoms with Crippen LogP contribution in [0.1, 0.15) is 47.3 Å². The van der Waals surface area contributed by atoms with Gasteiger partial charge < -0.3 is 60.2 Å². The third-order valence-corrected chi connectivity index (χ3v) is 18.4. The van der Waals surface area contributed by atoms with Gasteiger partial charge in [-0.15, -0.1) is 11.3 Å². The van der Waals surface area contributed by atoms with E-state index in [9.17, 15) is 62.7 Å². The molecule has 27 nitrogen and oxygen atoms in total. The minimum Gasteiger partial charge on any atom is -0.455 e. The van der Waals surface area contributed by atoms with Crippen LogP contribution in [-0.2, 0) is 63.7 Å². The van der Waals surface area contributed by atoms with Crippen LogP contribution in [0, 0.1) is 5.41 Å². The van der Waals surface area contributed by atoms with E-state index in [-0.39, 0.29) is 70.9 Å². The van der Waals surface area contributed by atoms with Gasteiger partial charge in [0.25, 0.3) is 5.91 Å². The maximum Gasteiger partial charge on any atom is 0.481 e. The summed E-state index contributed by atoms with van der Waals surface area (Å²) in [5.41, 5.74) is 5.81. The van der Waals surface area contributed by atoms with E-state index in [0.29, 0.717) is 16.4 Å². The number of nitrogens with one attached hydrogen (secondary N) is 2. The average molecular weight is 1300 g/mol. The average Bonchev–Trinajstić information content (AvgIpc) is 3.81. The first-order chi connectivity index (χ1) is 39.7. The van der Waals surface area contributed by atoms with Crippen LogP contribution in [-0.4, -0.2) is 140 Å². The summed E-state index contributed by atoms with van der Waals surface area (Å²) in [6.07, 6.45) is -7.14. The number of aliphatic hydroxyl groups excluding tert-OH is 2. The van der Waals surface area contributed by atoms with Gasteiger partial charge in [-0.3, -0.25) is 37.3 Å². The van der Waals surface area contributed by atoms with Crippen molar-refractivity contribution in [3.05, 3.63) is 130 Å². The number of nitrogen functional groups attached to an aromatic ring is 1. The summed E-state index contributed by atoms with van der Waals surface area (Å²) in [6.45, 7) is 0.0711. The monoisotopic (exact) mass is 1300 g/mol. The second-order valence-corrected chi connectivity index (χ2v) is 26.8. The van der Waals surface area contributed by atoms with Crippen molar-refractivity contribution in [1.82, 2.24) is 35.1 Å². The standard InChI is InChI=1S/C50H55Cl2N8O19P3S2/c1-50(2,25-75-82(72,73)79-81(70,71)74-24-37-42(78-80(67,68)69)41(62)48(77-37)60-27-58-40-44(53)56-26-57-45(40)60)43(63)46(64)55-17-16-39(61)54-18-19-83-49(66)34(20-28-8-4-3-5-9-28)59(47(65)32-14-12-30(51)22-33(32)52)23-31-13-15-38(84-31)36-21-29-10-6-7-11-35(29)76-36/h3-15,21-22,26-27,34,37,41-43,48,62-63H,16-20,23-25H2,1-2H3,(H,54,61)(H,55,64)(H,70,71)(H,72,73)(H2,53,56,57)(H2,67,68,69). The highest BCUT2D eigenvalue weighted by atomic mass is 35.5. The lowest BCUT2D eigenvalue weighted by molar-refractivity contribution is -0.137. The Kier molecular flexibility index (Phi) is 21.1. The fraction of sp³-hybridized carbons (Fsp3) is 0.340. The summed E-state index contributed by atoms with van der Waals surface area (Å²) in [4.78, 5) is 110. The molecule has 84 heavy (non-hydrogen) atoms. The molecule has 0 spiro atoms. The summed E-state index contributed by atoms with van der Waals surface area (Å²) in [5.74, 6) is -1.44. The number of nitrogens with two attached hydrogens (primary N) is 1. The van der Waals surface area contributed by atoms with Gasteiger partial charge in [0, 0.05) is 52.4 Å². The van der Waals surface area contributed by atoms with Gasteiger partial charge in [0.1, 0.15) is 53.6 Å². The zero-order valence-corrected chi connectivity index (χ0v) is 50.0. The second-order valence-electron chi connectivity index (χ2n) is 19.4. The molecule has 5 heterocycles. The molecule has 10 N–H and O–H groups in total. The molecule has 1 aliphatic heterocycles. The van der Waals surface area contributed by atoms with Gasteiger partial charge in [-0.25, -0.2) is 28.6 Å². The van der Waals surface area contributed by atoms with Crippen LogP contribution in [0.5, 0.6) is 0 Å². The molecule has 4 aromatic heterocycles. The first-order valence-electron chi connectivity index (χ1n) is 25.1. The van der Waals surface area contributed by atoms with Gasteiger partial charge in [-0.05, 0) is 48.0 Å². The van der Waals surface area contributed by atoms with Crippen molar-refractivity contribution in [2.24, 2.45) is 5.41 Å². The van der Waals surface area contributed by atoms with Crippen LogP contribution in [0.25, 0.3) is 32.8 Å². The van der Waals surface area contributed by atoms with Crippen molar-refractivity contribution in [1.29, 1.82) is 0 Å². The molecule has 450 valence electrons. The molecule has 8 unspecified atom stereocenters. The Morgan fingerprint density at radius 2 is 1.64 bits per heavy atom. The van der Waals surface area contributed by atoms with Gasteiger partial charge in [0.05, 0.1) is 41.5 Å². The predicted octanol–water partition coefficient (Wildman–Crippen LogP) is 6.40. The minimum atomic E-state index is -5.64. The van der Waals surface area contributed by atoms with E-state index in [0.717, 1.165) is 49.7 Å². The Bertz CT molecular complexity index is 3640. The van der Waals surface area contributed by atoms with Crippen molar-refractivity contribution in [3.8, 4) is 10.6 Å². The van der Waals surface area contributed by atoms with Crippen molar-refractivity contribution >= 4 is 121 Å². The number of aliphatic hydroxyl groups is 2. The number of aromatic nitrogens is 4. The van der Waals surface area contributed by atoms with Crippen molar-refractivity contribution in [2.75, 3.05) is 37.8 Å². The Hall–Kier alpha value is -5.49. The second kappa shape index (κ2) is 27.5. The predicted molar refractivity (Wildman–Crippen MR) is 307 cm³/mol. The van der Waals surface area contributed by atoms with Crippen molar-refractivity contribution in [3.63, 3.8) is 0 Å². The topological polar surface area (TPSA) is 397 Å². The van der Waals surface area contributed by atoms with Crippen LogP contribution in [0.2, 0.25) is 10.0 Å². The third kappa shape index (κ3) is 16.7. The molecule has 8 atom stereocenters. The fourth-order valence-corrected chi connectivity index (χ4v) is 13.6. The van der Waals surface area contributed by atoms with Gasteiger partial charge in [0.15, 0.2) is 17.7 Å². The summed E-state index contributed by atoms with van der Waals surface area (Å²) in [7, 11) is -16.6. The zero-order valence-electron chi connectivity index (χ0n) is 44.2. The smallest absolute Gasteiger partial charge is 0.455 e. The first kappa shape index (κ1) is 64.5. The van der Waals surface area contributed by atoms with Crippen LogP contribution in [0.15, 0.2) is 108 Å². The number of ether oxygens (including phenoxy) is 1. The number of halogens is 2. The number of phosphoric acid groups is 3. The molecule has 1 aliphatic rings. The molecule has 0 aliphatic carbocycles. The molecule has 0 radical (unpaired) electrons. The summed E-state index contributed by atoms with van der Waals surface area (Å²) >= 11 is 15.1. The molecule has 1 saturated heterocycles.